The average Bonchev–Trinajstić information content (AvgIpc) is 3.27. The summed E-state index contributed by atoms with van der Waals surface area (Å²) in [6, 6.07) is 3.79. The SMILES string of the molecule is CCOc1cc(-c2cc(C)c3c(n2)CN(c2cnn(C)c2)C3=O)cnc1OCC. The van der Waals surface area contributed by atoms with Gasteiger partial charge < -0.3 is 9.47 Å². The van der Waals surface area contributed by atoms with Crippen molar-refractivity contribution in [1.82, 2.24) is 19.7 Å². The molecule has 0 fully saturated rings. The van der Waals surface area contributed by atoms with E-state index in [0.29, 0.717) is 37.0 Å². The first kappa shape index (κ1) is 18.9. The normalized spacial score (nSPS) is 13.0. The number of pyridine rings is 2. The number of fused-ring (bicyclic) bond motifs is 1. The molecule has 0 atom stereocenters. The molecule has 150 valence electrons. The molecule has 1 aliphatic heterocycles. The third-order valence-corrected chi connectivity index (χ3v) is 4.76. The van der Waals surface area contributed by atoms with E-state index in [1.165, 1.54) is 0 Å². The molecule has 0 aliphatic carbocycles. The molecule has 0 spiro atoms. The van der Waals surface area contributed by atoms with Gasteiger partial charge in [-0.3, -0.25) is 19.4 Å². The van der Waals surface area contributed by atoms with Gasteiger partial charge >= 0.3 is 0 Å². The summed E-state index contributed by atoms with van der Waals surface area (Å²) in [6.07, 6.45) is 5.23. The largest absolute Gasteiger partial charge is 0.488 e. The summed E-state index contributed by atoms with van der Waals surface area (Å²) in [6.45, 7) is 7.18. The maximum Gasteiger partial charge on any atom is 0.260 e. The monoisotopic (exact) mass is 393 g/mol. The Kier molecular flexibility index (Phi) is 4.92. The topological polar surface area (TPSA) is 82.4 Å². The molecule has 0 unspecified atom stereocenters. The number of aromatic nitrogens is 4. The zero-order chi connectivity index (χ0) is 20.5. The van der Waals surface area contributed by atoms with Gasteiger partial charge in [0, 0.05) is 25.0 Å². The first-order valence-corrected chi connectivity index (χ1v) is 9.58. The molecule has 4 rings (SSSR count). The van der Waals surface area contributed by atoms with Gasteiger partial charge in [-0.05, 0) is 38.5 Å². The lowest BCUT2D eigenvalue weighted by Crippen LogP contribution is -2.22. The highest BCUT2D eigenvalue weighted by molar-refractivity contribution is 6.10. The first-order chi connectivity index (χ1) is 14.0. The Morgan fingerprint density at radius 1 is 1.14 bits per heavy atom. The number of nitrogens with zero attached hydrogens (tertiary/aromatic N) is 5. The second kappa shape index (κ2) is 7.54. The maximum absolute atomic E-state index is 12.9. The van der Waals surface area contributed by atoms with Crippen molar-refractivity contribution in [3.8, 4) is 22.9 Å². The fraction of sp³-hybridized carbons (Fsp3) is 0.333. The van der Waals surface area contributed by atoms with E-state index in [2.05, 4.69) is 10.1 Å². The number of carbonyl (C=O) groups is 1. The molecule has 0 radical (unpaired) electrons. The number of aryl methyl sites for hydroxylation is 2. The summed E-state index contributed by atoms with van der Waals surface area (Å²) < 4.78 is 12.9. The summed E-state index contributed by atoms with van der Waals surface area (Å²) in [5.74, 6) is 0.998. The van der Waals surface area contributed by atoms with Crippen LogP contribution < -0.4 is 14.4 Å². The minimum Gasteiger partial charge on any atom is -0.488 e. The molecule has 0 saturated heterocycles. The van der Waals surface area contributed by atoms with E-state index in [1.807, 2.05) is 46.1 Å². The molecule has 0 bridgehead atoms. The van der Waals surface area contributed by atoms with Crippen molar-refractivity contribution < 1.29 is 14.3 Å². The lowest BCUT2D eigenvalue weighted by Gasteiger charge is -2.12. The van der Waals surface area contributed by atoms with Crippen molar-refractivity contribution in [1.29, 1.82) is 0 Å². The van der Waals surface area contributed by atoms with E-state index in [9.17, 15) is 4.79 Å². The Hall–Kier alpha value is -3.42. The third-order valence-electron chi connectivity index (χ3n) is 4.76. The van der Waals surface area contributed by atoms with Crippen LogP contribution in [0, 0.1) is 6.92 Å². The van der Waals surface area contributed by atoms with Crippen LogP contribution in [0.15, 0.2) is 30.7 Å². The number of carbonyl (C=O) groups excluding carboxylic acids is 1. The van der Waals surface area contributed by atoms with Crippen molar-refractivity contribution in [3.63, 3.8) is 0 Å². The minimum absolute atomic E-state index is 0.0515. The van der Waals surface area contributed by atoms with E-state index in [1.54, 1.807) is 22.0 Å². The lowest BCUT2D eigenvalue weighted by molar-refractivity contribution is 0.0996. The minimum atomic E-state index is -0.0515. The van der Waals surface area contributed by atoms with Gasteiger partial charge in [0.15, 0.2) is 5.75 Å². The quantitative estimate of drug-likeness (QED) is 0.640. The first-order valence-electron chi connectivity index (χ1n) is 9.58. The molecule has 3 aromatic rings. The van der Waals surface area contributed by atoms with Crippen molar-refractivity contribution in [2.24, 2.45) is 7.05 Å². The highest BCUT2D eigenvalue weighted by Gasteiger charge is 2.32. The Morgan fingerprint density at radius 3 is 2.62 bits per heavy atom. The molecular formula is C21H23N5O3. The van der Waals surface area contributed by atoms with Crippen LogP contribution in [-0.4, -0.2) is 38.9 Å². The van der Waals surface area contributed by atoms with Crippen LogP contribution >= 0.6 is 0 Å². The molecule has 8 nitrogen and oxygen atoms in total. The van der Waals surface area contributed by atoms with Crippen molar-refractivity contribution in [3.05, 3.63) is 47.5 Å². The number of amides is 1. The Morgan fingerprint density at radius 2 is 1.93 bits per heavy atom. The second-order valence-corrected chi connectivity index (χ2v) is 6.80. The molecule has 0 N–H and O–H groups in total. The van der Waals surface area contributed by atoms with E-state index >= 15 is 0 Å². The molecule has 1 amide bonds. The fourth-order valence-corrected chi connectivity index (χ4v) is 3.48. The van der Waals surface area contributed by atoms with Crippen LogP contribution in [0.25, 0.3) is 11.3 Å². The molecule has 4 heterocycles. The molecule has 29 heavy (non-hydrogen) atoms. The maximum atomic E-state index is 12.9. The Bertz CT molecular complexity index is 1080. The van der Waals surface area contributed by atoms with Gasteiger partial charge in [-0.1, -0.05) is 0 Å². The zero-order valence-electron chi connectivity index (χ0n) is 17.0. The highest BCUT2D eigenvalue weighted by atomic mass is 16.5. The van der Waals surface area contributed by atoms with E-state index < -0.39 is 0 Å². The summed E-state index contributed by atoms with van der Waals surface area (Å²) in [5, 5.41) is 4.16. The standard InChI is InChI=1S/C21H23N5O3/c1-5-28-18-8-14(9-22-20(18)29-6-2)16-7-13(3)19-17(24-16)12-26(21(19)27)15-10-23-25(4)11-15/h7-11H,5-6,12H2,1-4H3. The number of ether oxygens (including phenoxy) is 2. The molecule has 8 heteroatoms. The number of hydrogen-bond donors (Lipinski definition) is 0. The van der Waals surface area contributed by atoms with E-state index in [-0.39, 0.29) is 5.91 Å². The highest BCUT2D eigenvalue weighted by Crippen LogP contribution is 2.34. The van der Waals surface area contributed by atoms with Gasteiger partial charge in [0.25, 0.3) is 11.8 Å². The van der Waals surface area contributed by atoms with Crippen LogP contribution in [-0.2, 0) is 13.6 Å². The van der Waals surface area contributed by atoms with Gasteiger partial charge in [-0.25, -0.2) is 4.98 Å². The zero-order valence-corrected chi connectivity index (χ0v) is 17.0. The number of anilines is 1. The van der Waals surface area contributed by atoms with Gasteiger partial charge in [-0.2, -0.15) is 5.10 Å². The molecule has 1 aliphatic rings. The van der Waals surface area contributed by atoms with Crippen molar-refractivity contribution >= 4 is 11.6 Å². The summed E-state index contributed by atoms with van der Waals surface area (Å²) in [4.78, 5) is 23.8. The molecular weight excluding hydrogens is 370 g/mol. The number of hydrogen-bond acceptors (Lipinski definition) is 6. The van der Waals surface area contributed by atoms with Crippen LogP contribution in [0.2, 0.25) is 0 Å². The van der Waals surface area contributed by atoms with Gasteiger partial charge in [-0.15, -0.1) is 0 Å². The van der Waals surface area contributed by atoms with Crippen LogP contribution in [0.1, 0.15) is 35.5 Å². The second-order valence-electron chi connectivity index (χ2n) is 6.80. The van der Waals surface area contributed by atoms with Crippen LogP contribution in [0.3, 0.4) is 0 Å². The lowest BCUT2D eigenvalue weighted by atomic mass is 10.0. The fourth-order valence-electron chi connectivity index (χ4n) is 3.48. The van der Waals surface area contributed by atoms with Crippen LogP contribution in [0.5, 0.6) is 11.6 Å². The van der Waals surface area contributed by atoms with E-state index in [4.69, 9.17) is 14.5 Å². The predicted molar refractivity (Wildman–Crippen MR) is 108 cm³/mol. The Labute approximate surface area is 169 Å². The predicted octanol–water partition coefficient (Wildman–Crippen LogP) is 3.14. The van der Waals surface area contributed by atoms with Gasteiger partial charge in [0.2, 0.25) is 0 Å². The van der Waals surface area contributed by atoms with Crippen molar-refractivity contribution in [2.75, 3.05) is 18.1 Å². The smallest absolute Gasteiger partial charge is 0.260 e. The Balaban J connectivity index is 1.71. The van der Waals surface area contributed by atoms with Gasteiger partial charge in [0.1, 0.15) is 0 Å². The summed E-state index contributed by atoms with van der Waals surface area (Å²) in [5.41, 5.74) is 4.61. The van der Waals surface area contributed by atoms with Crippen molar-refractivity contribution in [2.45, 2.75) is 27.3 Å². The third kappa shape index (κ3) is 3.41. The summed E-state index contributed by atoms with van der Waals surface area (Å²) >= 11 is 0. The van der Waals surface area contributed by atoms with Gasteiger partial charge in [0.05, 0.1) is 48.6 Å². The number of rotatable bonds is 6. The average molecular weight is 393 g/mol. The molecule has 3 aromatic heterocycles. The molecule has 0 aromatic carbocycles. The van der Waals surface area contributed by atoms with E-state index in [0.717, 1.165) is 28.2 Å². The molecule has 0 saturated carbocycles. The van der Waals surface area contributed by atoms with Crippen LogP contribution in [0.4, 0.5) is 5.69 Å². The summed E-state index contributed by atoms with van der Waals surface area (Å²) in [7, 11) is 1.83.